The highest BCUT2D eigenvalue weighted by atomic mass is 32.1. The van der Waals surface area contributed by atoms with Gasteiger partial charge in [-0.25, -0.2) is 0 Å². The molecule has 2 aromatic rings. The maximum Gasteiger partial charge on any atom is 0.244 e. The summed E-state index contributed by atoms with van der Waals surface area (Å²) in [5, 5.41) is 9.73. The maximum atomic E-state index is 12.1. The lowest BCUT2D eigenvalue weighted by atomic mass is 10.2. The first kappa shape index (κ1) is 14.5. The van der Waals surface area contributed by atoms with E-state index >= 15 is 0 Å². The Balaban J connectivity index is 2.06. The number of aromatic nitrogens is 3. The smallest absolute Gasteiger partial charge is 0.244 e. The van der Waals surface area contributed by atoms with Gasteiger partial charge in [0.1, 0.15) is 12.4 Å². The fraction of sp³-hybridized carbons (Fsp3) is 0.357. The molecule has 0 unspecified atom stereocenters. The molecule has 0 aliphatic rings. The topological polar surface area (TPSA) is 62.7 Å². The molecule has 1 aromatic heterocycles. The summed E-state index contributed by atoms with van der Waals surface area (Å²) in [4.78, 5) is 12.1. The zero-order valence-corrected chi connectivity index (χ0v) is 12.5. The third kappa shape index (κ3) is 3.54. The first-order valence-electron chi connectivity index (χ1n) is 6.60. The van der Waals surface area contributed by atoms with Crippen LogP contribution in [0.5, 0.6) is 0 Å². The van der Waals surface area contributed by atoms with Gasteiger partial charge in [0.05, 0.1) is 0 Å². The van der Waals surface area contributed by atoms with E-state index in [9.17, 15) is 4.79 Å². The zero-order chi connectivity index (χ0) is 14.5. The highest BCUT2D eigenvalue weighted by molar-refractivity contribution is 7.71. The monoisotopic (exact) mass is 290 g/mol. The van der Waals surface area contributed by atoms with Gasteiger partial charge >= 0.3 is 0 Å². The van der Waals surface area contributed by atoms with Crippen LogP contribution in [0.1, 0.15) is 24.7 Å². The van der Waals surface area contributed by atoms with Crippen LogP contribution in [0.2, 0.25) is 0 Å². The molecule has 1 amide bonds. The Hall–Kier alpha value is -1.95. The largest absolute Gasteiger partial charge is 0.325 e. The van der Waals surface area contributed by atoms with Gasteiger partial charge in [-0.1, -0.05) is 24.6 Å². The van der Waals surface area contributed by atoms with Crippen LogP contribution >= 0.6 is 12.2 Å². The first-order valence-corrected chi connectivity index (χ1v) is 7.01. The number of carbonyl (C=O) groups is 1. The Morgan fingerprint density at radius 3 is 2.75 bits per heavy atom. The molecular weight excluding hydrogens is 272 g/mol. The third-order valence-corrected chi connectivity index (χ3v) is 3.26. The standard InChI is InChI=1S/C14H18N4OS/c1-3-4-12-16-17-14(20)18(12)9-13(19)15-11-7-5-10(2)6-8-11/h5-8H,3-4,9H2,1-2H3,(H,15,19)(H,17,20). The molecule has 2 N–H and O–H groups in total. The fourth-order valence-corrected chi connectivity index (χ4v) is 2.12. The second-order valence-corrected chi connectivity index (χ2v) is 5.08. The van der Waals surface area contributed by atoms with Crippen molar-refractivity contribution >= 4 is 23.8 Å². The third-order valence-electron chi connectivity index (χ3n) is 2.95. The molecule has 106 valence electrons. The van der Waals surface area contributed by atoms with Crippen LogP contribution in [0.25, 0.3) is 0 Å². The summed E-state index contributed by atoms with van der Waals surface area (Å²) in [6.45, 7) is 4.25. The van der Waals surface area contributed by atoms with E-state index in [0.717, 1.165) is 29.9 Å². The van der Waals surface area contributed by atoms with Crippen LogP contribution in [0.3, 0.4) is 0 Å². The minimum Gasteiger partial charge on any atom is -0.325 e. The summed E-state index contributed by atoms with van der Waals surface area (Å²) >= 11 is 5.15. The van der Waals surface area contributed by atoms with Crippen molar-refractivity contribution in [2.75, 3.05) is 5.32 Å². The molecule has 0 saturated heterocycles. The molecule has 20 heavy (non-hydrogen) atoms. The molecule has 6 heteroatoms. The average molecular weight is 290 g/mol. The molecule has 0 bridgehead atoms. The number of rotatable bonds is 5. The Morgan fingerprint density at radius 1 is 1.40 bits per heavy atom. The normalized spacial score (nSPS) is 10.5. The minimum absolute atomic E-state index is 0.108. The van der Waals surface area contributed by atoms with E-state index in [-0.39, 0.29) is 12.5 Å². The Kier molecular flexibility index (Phi) is 4.68. The van der Waals surface area contributed by atoms with E-state index in [2.05, 4.69) is 22.4 Å². The van der Waals surface area contributed by atoms with E-state index in [1.54, 1.807) is 4.57 Å². The lowest BCUT2D eigenvalue weighted by Gasteiger charge is -2.08. The van der Waals surface area contributed by atoms with Crippen molar-refractivity contribution in [3.8, 4) is 0 Å². The van der Waals surface area contributed by atoms with E-state index in [1.807, 2.05) is 31.2 Å². The predicted octanol–water partition coefficient (Wildman–Crippen LogP) is 2.84. The van der Waals surface area contributed by atoms with Gasteiger partial charge in [-0.05, 0) is 37.7 Å². The van der Waals surface area contributed by atoms with Gasteiger partial charge in [0.15, 0.2) is 4.77 Å². The lowest BCUT2D eigenvalue weighted by Crippen LogP contribution is -2.20. The van der Waals surface area contributed by atoms with Crippen molar-refractivity contribution in [2.24, 2.45) is 0 Å². The summed E-state index contributed by atoms with van der Waals surface area (Å²) in [7, 11) is 0. The molecule has 0 spiro atoms. The summed E-state index contributed by atoms with van der Waals surface area (Å²) in [5.41, 5.74) is 1.94. The molecule has 1 heterocycles. The minimum atomic E-state index is -0.108. The van der Waals surface area contributed by atoms with Crippen molar-refractivity contribution in [3.63, 3.8) is 0 Å². The van der Waals surface area contributed by atoms with Crippen LogP contribution < -0.4 is 5.32 Å². The van der Waals surface area contributed by atoms with E-state index in [1.165, 1.54) is 0 Å². The van der Waals surface area contributed by atoms with E-state index in [4.69, 9.17) is 12.2 Å². The van der Waals surface area contributed by atoms with Crippen molar-refractivity contribution in [1.29, 1.82) is 0 Å². The number of hydrogen-bond donors (Lipinski definition) is 2. The number of amides is 1. The quantitative estimate of drug-likeness (QED) is 0.832. The molecule has 1 aromatic carbocycles. The second-order valence-electron chi connectivity index (χ2n) is 4.70. The van der Waals surface area contributed by atoms with Crippen LogP contribution in [-0.2, 0) is 17.8 Å². The van der Waals surface area contributed by atoms with Gasteiger partial charge in [-0.3, -0.25) is 14.5 Å². The van der Waals surface area contributed by atoms with Gasteiger partial charge in [0.2, 0.25) is 5.91 Å². The number of benzene rings is 1. The zero-order valence-electron chi connectivity index (χ0n) is 11.6. The van der Waals surface area contributed by atoms with Gasteiger partial charge in [0, 0.05) is 12.1 Å². The number of aromatic amines is 1. The maximum absolute atomic E-state index is 12.1. The van der Waals surface area contributed by atoms with Crippen LogP contribution in [-0.4, -0.2) is 20.7 Å². The predicted molar refractivity (Wildman–Crippen MR) is 81.2 cm³/mol. The SMILES string of the molecule is CCCc1n[nH]c(=S)n1CC(=O)Nc1ccc(C)cc1. The highest BCUT2D eigenvalue weighted by Crippen LogP contribution is 2.09. The molecule has 2 rings (SSSR count). The molecule has 0 radical (unpaired) electrons. The number of carbonyl (C=O) groups excluding carboxylic acids is 1. The molecule has 0 fully saturated rings. The van der Waals surface area contributed by atoms with E-state index < -0.39 is 0 Å². The van der Waals surface area contributed by atoms with Crippen LogP contribution in [0, 0.1) is 11.7 Å². The first-order chi connectivity index (χ1) is 9.60. The Bertz CT molecular complexity index is 642. The number of aryl methyl sites for hydroxylation is 2. The molecule has 0 saturated carbocycles. The molecule has 0 aliphatic heterocycles. The summed E-state index contributed by atoms with van der Waals surface area (Å²) < 4.78 is 2.22. The van der Waals surface area contributed by atoms with Crippen molar-refractivity contribution in [3.05, 3.63) is 40.4 Å². The Labute approximate surface area is 123 Å². The summed E-state index contributed by atoms with van der Waals surface area (Å²) in [6, 6.07) is 7.69. The highest BCUT2D eigenvalue weighted by Gasteiger charge is 2.10. The second kappa shape index (κ2) is 6.47. The molecule has 5 nitrogen and oxygen atoms in total. The van der Waals surface area contributed by atoms with Crippen LogP contribution in [0.15, 0.2) is 24.3 Å². The Morgan fingerprint density at radius 2 is 2.10 bits per heavy atom. The average Bonchev–Trinajstić information content (AvgIpc) is 2.75. The summed E-state index contributed by atoms with van der Waals surface area (Å²) in [5.74, 6) is 0.709. The van der Waals surface area contributed by atoms with Gasteiger partial charge in [-0.2, -0.15) is 5.10 Å². The number of anilines is 1. The van der Waals surface area contributed by atoms with Gasteiger partial charge < -0.3 is 5.32 Å². The molecular formula is C14H18N4OS. The summed E-state index contributed by atoms with van der Waals surface area (Å²) in [6.07, 6.45) is 1.75. The number of nitrogens with one attached hydrogen (secondary N) is 2. The van der Waals surface area contributed by atoms with Gasteiger partial charge in [0.25, 0.3) is 0 Å². The van der Waals surface area contributed by atoms with Crippen molar-refractivity contribution in [2.45, 2.75) is 33.2 Å². The van der Waals surface area contributed by atoms with Crippen molar-refractivity contribution < 1.29 is 4.79 Å². The fourth-order valence-electron chi connectivity index (χ4n) is 1.91. The van der Waals surface area contributed by atoms with E-state index in [0.29, 0.717) is 4.77 Å². The lowest BCUT2D eigenvalue weighted by molar-refractivity contribution is -0.116. The molecule has 0 atom stereocenters. The molecule has 0 aliphatic carbocycles. The van der Waals surface area contributed by atoms with Crippen molar-refractivity contribution in [1.82, 2.24) is 14.8 Å². The number of hydrogen-bond acceptors (Lipinski definition) is 3. The van der Waals surface area contributed by atoms with Crippen LogP contribution in [0.4, 0.5) is 5.69 Å². The number of nitrogens with zero attached hydrogens (tertiary/aromatic N) is 2. The van der Waals surface area contributed by atoms with Gasteiger partial charge in [-0.15, -0.1) is 0 Å². The number of H-pyrrole nitrogens is 1.